The molecule has 0 N–H and O–H groups in total. The lowest BCUT2D eigenvalue weighted by molar-refractivity contribution is 0.0734. The summed E-state index contributed by atoms with van der Waals surface area (Å²) in [5.74, 6) is 0.899. The standard InChI is InChI=1S/C13H15ClN6O/c1-18-13(14)16-11(17-18)12(21)20-8-6-19(7-9-20)10-4-2-3-5-15-10/h2-5H,6-9H2,1H3. The summed E-state index contributed by atoms with van der Waals surface area (Å²) >= 11 is 5.82. The minimum atomic E-state index is -0.182. The molecule has 1 saturated heterocycles. The number of aryl methyl sites for hydroxylation is 1. The molecular weight excluding hydrogens is 292 g/mol. The normalized spacial score (nSPS) is 15.3. The Balaban J connectivity index is 1.64. The van der Waals surface area contributed by atoms with Gasteiger partial charge in [-0.1, -0.05) is 6.07 Å². The van der Waals surface area contributed by atoms with Gasteiger partial charge in [0.15, 0.2) is 0 Å². The van der Waals surface area contributed by atoms with Crippen LogP contribution in [0, 0.1) is 0 Å². The average Bonchev–Trinajstić information content (AvgIpc) is 2.87. The summed E-state index contributed by atoms with van der Waals surface area (Å²) in [5, 5.41) is 4.23. The second kappa shape index (κ2) is 5.69. The van der Waals surface area contributed by atoms with Crippen LogP contribution >= 0.6 is 11.6 Å². The third kappa shape index (κ3) is 2.82. The fraction of sp³-hybridized carbons (Fsp3) is 0.385. The maximum Gasteiger partial charge on any atom is 0.293 e. The number of rotatable bonds is 2. The first-order valence-electron chi connectivity index (χ1n) is 6.67. The SMILES string of the molecule is Cn1nc(C(=O)N2CCN(c3ccccn3)CC2)nc1Cl. The minimum Gasteiger partial charge on any atom is -0.353 e. The van der Waals surface area contributed by atoms with Crippen LogP contribution in [-0.4, -0.2) is 56.7 Å². The number of aromatic nitrogens is 4. The second-order valence-corrected chi connectivity index (χ2v) is 5.13. The monoisotopic (exact) mass is 306 g/mol. The molecule has 0 aromatic carbocycles. The Morgan fingerprint density at radius 2 is 2.00 bits per heavy atom. The van der Waals surface area contributed by atoms with Crippen molar-refractivity contribution < 1.29 is 4.79 Å². The van der Waals surface area contributed by atoms with E-state index in [0.717, 1.165) is 18.9 Å². The summed E-state index contributed by atoms with van der Waals surface area (Å²) in [6, 6.07) is 5.82. The first-order valence-corrected chi connectivity index (χ1v) is 7.05. The van der Waals surface area contributed by atoms with Crippen molar-refractivity contribution in [3.63, 3.8) is 0 Å². The molecule has 3 heterocycles. The van der Waals surface area contributed by atoms with Gasteiger partial charge in [-0.05, 0) is 23.7 Å². The van der Waals surface area contributed by atoms with Gasteiger partial charge in [-0.15, -0.1) is 5.10 Å². The summed E-state index contributed by atoms with van der Waals surface area (Å²) in [4.78, 5) is 24.5. The van der Waals surface area contributed by atoms with Gasteiger partial charge >= 0.3 is 0 Å². The summed E-state index contributed by atoms with van der Waals surface area (Å²) in [5.41, 5.74) is 0. The van der Waals surface area contributed by atoms with Gasteiger partial charge in [0.1, 0.15) is 5.82 Å². The van der Waals surface area contributed by atoms with E-state index in [2.05, 4.69) is 20.0 Å². The molecule has 3 rings (SSSR count). The van der Waals surface area contributed by atoms with Gasteiger partial charge in [-0.3, -0.25) is 4.79 Å². The predicted molar refractivity (Wildman–Crippen MR) is 78.4 cm³/mol. The number of anilines is 1. The molecular formula is C13H15ClN6O. The van der Waals surface area contributed by atoms with E-state index in [1.807, 2.05) is 18.2 Å². The zero-order valence-electron chi connectivity index (χ0n) is 11.6. The number of halogens is 1. The van der Waals surface area contributed by atoms with E-state index < -0.39 is 0 Å². The minimum absolute atomic E-state index is 0.147. The van der Waals surface area contributed by atoms with Crippen molar-refractivity contribution in [3.8, 4) is 0 Å². The molecule has 1 fully saturated rings. The lowest BCUT2D eigenvalue weighted by Gasteiger charge is -2.34. The summed E-state index contributed by atoms with van der Waals surface area (Å²) in [7, 11) is 1.66. The highest BCUT2D eigenvalue weighted by Gasteiger charge is 2.25. The van der Waals surface area contributed by atoms with Crippen molar-refractivity contribution in [1.29, 1.82) is 0 Å². The Kier molecular flexibility index (Phi) is 3.74. The maximum atomic E-state index is 12.3. The van der Waals surface area contributed by atoms with Crippen molar-refractivity contribution in [2.24, 2.45) is 7.05 Å². The molecule has 1 aliphatic heterocycles. The molecule has 0 radical (unpaired) electrons. The largest absolute Gasteiger partial charge is 0.353 e. The Labute approximate surface area is 127 Å². The van der Waals surface area contributed by atoms with E-state index in [4.69, 9.17) is 11.6 Å². The number of hydrogen-bond donors (Lipinski definition) is 0. The maximum absolute atomic E-state index is 12.3. The van der Waals surface area contributed by atoms with Crippen LogP contribution in [0.15, 0.2) is 24.4 Å². The number of piperazine rings is 1. The van der Waals surface area contributed by atoms with Crippen molar-refractivity contribution in [2.75, 3.05) is 31.1 Å². The van der Waals surface area contributed by atoms with Gasteiger partial charge in [-0.25, -0.2) is 9.67 Å². The zero-order chi connectivity index (χ0) is 14.8. The zero-order valence-corrected chi connectivity index (χ0v) is 12.4. The highest BCUT2D eigenvalue weighted by atomic mass is 35.5. The van der Waals surface area contributed by atoms with Crippen molar-refractivity contribution in [3.05, 3.63) is 35.5 Å². The van der Waals surface area contributed by atoms with Crippen LogP contribution in [0.5, 0.6) is 0 Å². The van der Waals surface area contributed by atoms with Gasteiger partial charge < -0.3 is 9.80 Å². The fourth-order valence-electron chi connectivity index (χ4n) is 2.28. The van der Waals surface area contributed by atoms with Crippen LogP contribution in [0.2, 0.25) is 5.28 Å². The van der Waals surface area contributed by atoms with Crippen molar-refractivity contribution in [1.82, 2.24) is 24.6 Å². The molecule has 0 unspecified atom stereocenters. The summed E-state index contributed by atoms with van der Waals surface area (Å²) in [6.07, 6.45) is 1.77. The third-order valence-electron chi connectivity index (χ3n) is 3.44. The highest BCUT2D eigenvalue weighted by molar-refractivity contribution is 6.28. The molecule has 0 spiro atoms. The van der Waals surface area contributed by atoms with E-state index >= 15 is 0 Å². The summed E-state index contributed by atoms with van der Waals surface area (Å²) in [6.45, 7) is 2.71. The molecule has 2 aromatic heterocycles. The number of nitrogens with zero attached hydrogens (tertiary/aromatic N) is 6. The molecule has 0 bridgehead atoms. The molecule has 1 aliphatic rings. The van der Waals surface area contributed by atoms with Gasteiger partial charge in [0.25, 0.3) is 5.91 Å². The lowest BCUT2D eigenvalue weighted by atomic mass is 10.3. The second-order valence-electron chi connectivity index (χ2n) is 4.80. The van der Waals surface area contributed by atoms with Crippen molar-refractivity contribution in [2.45, 2.75) is 0 Å². The number of carbonyl (C=O) groups is 1. The molecule has 2 aromatic rings. The Bertz CT molecular complexity index is 616. The fourth-order valence-corrected chi connectivity index (χ4v) is 2.39. The molecule has 8 heteroatoms. The van der Waals surface area contributed by atoms with Crippen molar-refractivity contribution >= 4 is 23.3 Å². The number of amides is 1. The van der Waals surface area contributed by atoms with Crippen LogP contribution in [0.4, 0.5) is 5.82 Å². The Morgan fingerprint density at radius 1 is 1.24 bits per heavy atom. The molecule has 0 saturated carbocycles. The van der Waals surface area contributed by atoms with Crippen LogP contribution in [0.1, 0.15) is 10.6 Å². The van der Waals surface area contributed by atoms with Crippen LogP contribution in [0.3, 0.4) is 0 Å². The highest BCUT2D eigenvalue weighted by Crippen LogP contribution is 2.14. The van der Waals surface area contributed by atoms with Gasteiger partial charge in [0, 0.05) is 39.4 Å². The lowest BCUT2D eigenvalue weighted by Crippen LogP contribution is -2.49. The van der Waals surface area contributed by atoms with E-state index in [9.17, 15) is 4.79 Å². The molecule has 0 aliphatic carbocycles. The Hall–Kier alpha value is -2.15. The Morgan fingerprint density at radius 3 is 2.57 bits per heavy atom. The number of hydrogen-bond acceptors (Lipinski definition) is 5. The van der Waals surface area contributed by atoms with E-state index in [1.165, 1.54) is 4.68 Å². The molecule has 0 atom stereocenters. The first-order chi connectivity index (χ1) is 10.1. The number of carbonyl (C=O) groups excluding carboxylic acids is 1. The molecule has 21 heavy (non-hydrogen) atoms. The smallest absolute Gasteiger partial charge is 0.293 e. The summed E-state index contributed by atoms with van der Waals surface area (Å²) < 4.78 is 1.39. The van der Waals surface area contributed by atoms with Crippen LogP contribution < -0.4 is 4.90 Å². The van der Waals surface area contributed by atoms with Gasteiger partial charge in [0.2, 0.25) is 11.1 Å². The van der Waals surface area contributed by atoms with Gasteiger partial charge in [0.05, 0.1) is 0 Å². The molecule has 1 amide bonds. The van der Waals surface area contributed by atoms with E-state index in [-0.39, 0.29) is 17.0 Å². The predicted octanol–water partition coefficient (Wildman–Crippen LogP) is 0.826. The third-order valence-corrected chi connectivity index (χ3v) is 3.77. The topological polar surface area (TPSA) is 67.2 Å². The average molecular weight is 307 g/mol. The van der Waals surface area contributed by atoms with Crippen LogP contribution in [0.25, 0.3) is 0 Å². The van der Waals surface area contributed by atoms with Gasteiger partial charge in [-0.2, -0.15) is 4.98 Å². The van der Waals surface area contributed by atoms with E-state index in [0.29, 0.717) is 13.1 Å². The number of pyridine rings is 1. The quantitative estimate of drug-likeness (QED) is 0.822. The van der Waals surface area contributed by atoms with Crippen LogP contribution in [-0.2, 0) is 7.05 Å². The molecule has 7 nitrogen and oxygen atoms in total. The first kappa shape index (κ1) is 13.8. The van der Waals surface area contributed by atoms with E-state index in [1.54, 1.807) is 18.1 Å². The molecule has 110 valence electrons.